The summed E-state index contributed by atoms with van der Waals surface area (Å²) >= 11 is 0. The van der Waals surface area contributed by atoms with Crippen molar-refractivity contribution >= 4 is 11.7 Å². The van der Waals surface area contributed by atoms with Gasteiger partial charge in [0.1, 0.15) is 11.6 Å². The topological polar surface area (TPSA) is 64.1 Å². The normalized spacial score (nSPS) is 22.3. The number of aromatic nitrogens is 2. The molecule has 1 aromatic carbocycles. The number of halogens is 2. The molecule has 4 rings (SSSR count). The Morgan fingerprint density at radius 1 is 1.19 bits per heavy atom. The van der Waals surface area contributed by atoms with Gasteiger partial charge in [-0.3, -0.25) is 4.79 Å². The van der Waals surface area contributed by atoms with Gasteiger partial charge in [0, 0.05) is 31.8 Å². The van der Waals surface area contributed by atoms with Crippen LogP contribution in [0.2, 0.25) is 0 Å². The number of Topliss-reactive ketones (excluding diaryl/α,β-unsaturated/α-hetero) is 1. The second-order valence-corrected chi connectivity index (χ2v) is 6.80. The molecule has 0 radical (unpaired) electrons. The maximum absolute atomic E-state index is 13.5. The van der Waals surface area contributed by atoms with Crippen molar-refractivity contribution in [1.82, 2.24) is 9.97 Å². The summed E-state index contributed by atoms with van der Waals surface area (Å²) in [5.41, 5.74) is 1.58. The predicted molar refractivity (Wildman–Crippen MR) is 91.2 cm³/mol. The largest absolute Gasteiger partial charge is 0.376 e. The smallest absolute Gasteiger partial charge is 0.222 e. The van der Waals surface area contributed by atoms with Crippen LogP contribution in [0.25, 0.3) is 0 Å². The number of benzene rings is 1. The molecule has 5 nitrogen and oxygen atoms in total. The Balaban J connectivity index is 1.53. The van der Waals surface area contributed by atoms with Crippen LogP contribution >= 0.6 is 0 Å². The molecule has 1 N–H and O–H groups in total. The number of ketones is 1. The minimum atomic E-state index is -0.639. The Hall–Kier alpha value is -2.41. The second-order valence-electron chi connectivity index (χ2n) is 6.80. The average Bonchev–Trinajstić information content (AvgIpc) is 3.12. The number of hydrogen-bond acceptors (Lipinski definition) is 5. The van der Waals surface area contributed by atoms with Crippen LogP contribution < -0.4 is 5.32 Å². The van der Waals surface area contributed by atoms with Gasteiger partial charge < -0.3 is 10.1 Å². The van der Waals surface area contributed by atoms with Crippen LogP contribution in [0.1, 0.15) is 46.8 Å². The highest BCUT2D eigenvalue weighted by atomic mass is 19.1. The van der Waals surface area contributed by atoms with E-state index in [0.717, 1.165) is 25.5 Å². The molecule has 0 saturated carbocycles. The van der Waals surface area contributed by atoms with Crippen molar-refractivity contribution in [3.8, 4) is 0 Å². The molecule has 1 aliphatic heterocycles. The number of carbonyl (C=O) groups excluding carboxylic acids is 1. The third kappa shape index (κ3) is 3.58. The molecule has 0 unspecified atom stereocenters. The summed E-state index contributed by atoms with van der Waals surface area (Å²) in [6.45, 7) is 1.39. The first-order valence-corrected chi connectivity index (χ1v) is 8.79. The van der Waals surface area contributed by atoms with Crippen LogP contribution in [0.3, 0.4) is 0 Å². The van der Waals surface area contributed by atoms with Gasteiger partial charge in [-0.15, -0.1) is 0 Å². The van der Waals surface area contributed by atoms with E-state index in [0.29, 0.717) is 35.7 Å². The molecule has 0 amide bonds. The zero-order chi connectivity index (χ0) is 18.1. The Bertz CT molecular complexity index is 817. The lowest BCUT2D eigenvalue weighted by atomic mass is 9.82. The van der Waals surface area contributed by atoms with E-state index in [2.05, 4.69) is 15.3 Å². The summed E-state index contributed by atoms with van der Waals surface area (Å²) in [7, 11) is 0. The first-order valence-electron chi connectivity index (χ1n) is 8.79. The van der Waals surface area contributed by atoms with Crippen molar-refractivity contribution in [1.29, 1.82) is 0 Å². The zero-order valence-electron chi connectivity index (χ0n) is 14.2. The fourth-order valence-corrected chi connectivity index (χ4v) is 3.59. The lowest BCUT2D eigenvalue weighted by Crippen LogP contribution is -2.23. The molecule has 1 saturated heterocycles. The third-order valence-corrected chi connectivity index (χ3v) is 4.91. The molecule has 2 aromatic rings. The number of hydrogen-bond donors (Lipinski definition) is 1. The standard InChI is InChI=1S/C19H19F2N3O2/c20-13-4-11(5-14(21)8-13)12-6-17-16(18(25)7-12)10-23-19(24-17)22-9-15-2-1-3-26-15/h4-5,8,10,12,15H,1-3,6-7,9H2,(H,22,23,24)/t12-,15-/m1/s1. The first kappa shape index (κ1) is 17.0. The summed E-state index contributed by atoms with van der Waals surface area (Å²) in [6.07, 6.45) is 4.38. The van der Waals surface area contributed by atoms with Gasteiger partial charge in [-0.25, -0.2) is 18.7 Å². The van der Waals surface area contributed by atoms with E-state index in [9.17, 15) is 13.6 Å². The second kappa shape index (κ2) is 7.07. The highest BCUT2D eigenvalue weighted by molar-refractivity contribution is 5.98. The van der Waals surface area contributed by atoms with Crippen LogP contribution in [0.5, 0.6) is 0 Å². The average molecular weight is 359 g/mol. The molecule has 136 valence electrons. The monoisotopic (exact) mass is 359 g/mol. The van der Waals surface area contributed by atoms with Gasteiger partial charge in [0.15, 0.2) is 5.78 Å². The molecule has 26 heavy (non-hydrogen) atoms. The minimum absolute atomic E-state index is 0.105. The number of rotatable bonds is 4. The molecule has 2 heterocycles. The van der Waals surface area contributed by atoms with Crippen molar-refractivity contribution in [2.45, 2.75) is 37.7 Å². The Kier molecular flexibility index (Phi) is 4.63. The van der Waals surface area contributed by atoms with Gasteiger partial charge in [0.25, 0.3) is 0 Å². The lowest BCUT2D eigenvalue weighted by molar-refractivity contribution is 0.0962. The van der Waals surface area contributed by atoms with Crippen LogP contribution in [0.15, 0.2) is 24.4 Å². The van der Waals surface area contributed by atoms with E-state index in [1.807, 2.05) is 0 Å². The van der Waals surface area contributed by atoms with Crippen molar-refractivity contribution in [2.24, 2.45) is 0 Å². The quantitative estimate of drug-likeness (QED) is 0.908. The molecule has 1 aromatic heterocycles. The molecular formula is C19H19F2N3O2. The third-order valence-electron chi connectivity index (χ3n) is 4.91. The van der Waals surface area contributed by atoms with Gasteiger partial charge in [0.05, 0.1) is 17.4 Å². The van der Waals surface area contributed by atoms with Crippen LogP contribution in [-0.4, -0.2) is 35.0 Å². The van der Waals surface area contributed by atoms with Crippen LogP contribution in [-0.2, 0) is 11.2 Å². The van der Waals surface area contributed by atoms with E-state index in [1.54, 1.807) is 0 Å². The Labute approximate surface area is 149 Å². The summed E-state index contributed by atoms with van der Waals surface area (Å²) in [6, 6.07) is 3.39. The van der Waals surface area contributed by atoms with E-state index >= 15 is 0 Å². The minimum Gasteiger partial charge on any atom is -0.376 e. The number of nitrogens with one attached hydrogen (secondary N) is 1. The van der Waals surface area contributed by atoms with Gasteiger partial charge >= 0.3 is 0 Å². The lowest BCUT2D eigenvalue weighted by Gasteiger charge is -2.23. The maximum atomic E-state index is 13.5. The van der Waals surface area contributed by atoms with E-state index in [-0.39, 0.29) is 24.2 Å². The number of fused-ring (bicyclic) bond motifs is 1. The van der Waals surface area contributed by atoms with Gasteiger partial charge in [-0.2, -0.15) is 0 Å². The zero-order valence-corrected chi connectivity index (χ0v) is 14.2. The van der Waals surface area contributed by atoms with Crippen molar-refractivity contribution < 1.29 is 18.3 Å². The summed E-state index contributed by atoms with van der Waals surface area (Å²) < 4.78 is 32.6. The Morgan fingerprint density at radius 2 is 2.00 bits per heavy atom. The SMILES string of the molecule is O=C1C[C@H](c2cc(F)cc(F)c2)Cc2nc(NC[C@H]3CCCO3)ncc21. The van der Waals surface area contributed by atoms with Gasteiger partial charge in [-0.1, -0.05) is 0 Å². The number of carbonyl (C=O) groups is 1. The summed E-state index contributed by atoms with van der Waals surface area (Å²) in [4.78, 5) is 21.1. The maximum Gasteiger partial charge on any atom is 0.222 e. The van der Waals surface area contributed by atoms with Crippen molar-refractivity contribution in [2.75, 3.05) is 18.5 Å². The fraction of sp³-hybridized carbons (Fsp3) is 0.421. The molecule has 2 aliphatic rings. The predicted octanol–water partition coefficient (Wildman–Crippen LogP) is 3.26. The molecular weight excluding hydrogens is 340 g/mol. The summed E-state index contributed by atoms with van der Waals surface area (Å²) in [5, 5.41) is 3.15. The van der Waals surface area contributed by atoms with Crippen LogP contribution in [0, 0.1) is 11.6 Å². The summed E-state index contributed by atoms with van der Waals surface area (Å²) in [5.74, 6) is -1.23. The molecule has 1 fully saturated rings. The highest BCUT2D eigenvalue weighted by Gasteiger charge is 2.29. The van der Waals surface area contributed by atoms with Crippen LogP contribution in [0.4, 0.5) is 14.7 Å². The van der Waals surface area contributed by atoms with E-state index in [1.165, 1.54) is 18.3 Å². The fourth-order valence-electron chi connectivity index (χ4n) is 3.59. The van der Waals surface area contributed by atoms with Gasteiger partial charge in [0.2, 0.25) is 5.95 Å². The highest BCUT2D eigenvalue weighted by Crippen LogP contribution is 2.32. The molecule has 0 spiro atoms. The number of nitrogens with zero attached hydrogens (tertiary/aromatic N) is 2. The van der Waals surface area contributed by atoms with E-state index in [4.69, 9.17) is 4.74 Å². The Morgan fingerprint density at radius 3 is 2.73 bits per heavy atom. The molecule has 0 bridgehead atoms. The molecule has 2 atom stereocenters. The number of anilines is 1. The van der Waals surface area contributed by atoms with Crippen molar-refractivity contribution in [3.05, 3.63) is 52.9 Å². The molecule has 1 aliphatic carbocycles. The molecule has 7 heteroatoms. The first-order chi connectivity index (χ1) is 12.6. The van der Waals surface area contributed by atoms with Gasteiger partial charge in [-0.05, 0) is 42.9 Å². The van der Waals surface area contributed by atoms with Crippen molar-refractivity contribution in [3.63, 3.8) is 0 Å². The number of ether oxygens (including phenoxy) is 1. The van der Waals surface area contributed by atoms with E-state index < -0.39 is 11.6 Å².